The molecule has 2 heterocycles. The van der Waals surface area contributed by atoms with Crippen molar-refractivity contribution in [2.45, 2.75) is 32.2 Å². The average molecular weight is 312 g/mol. The van der Waals surface area contributed by atoms with E-state index in [-0.39, 0.29) is 17.2 Å². The van der Waals surface area contributed by atoms with Crippen molar-refractivity contribution >= 4 is 21.6 Å². The molecule has 1 saturated heterocycles. The number of amides is 1. The second kappa shape index (κ2) is 5.97. The Balaban J connectivity index is 2.00. The second-order valence-corrected chi connectivity index (χ2v) is 7.77. The number of hydrogen-bond donors (Lipinski definition) is 2. The summed E-state index contributed by atoms with van der Waals surface area (Å²) in [6.07, 6.45) is 1.39. The van der Waals surface area contributed by atoms with Crippen LogP contribution in [0, 0.1) is 0 Å². The molecular weight excluding hydrogens is 292 g/mol. The van der Waals surface area contributed by atoms with Crippen molar-refractivity contribution in [1.82, 2.24) is 15.5 Å². The van der Waals surface area contributed by atoms with E-state index >= 15 is 0 Å². The van der Waals surface area contributed by atoms with E-state index in [1.807, 2.05) is 6.92 Å². The van der Waals surface area contributed by atoms with Crippen molar-refractivity contribution in [3.63, 3.8) is 0 Å². The quantitative estimate of drug-likeness (QED) is 0.826. The van der Waals surface area contributed by atoms with Gasteiger partial charge in [0.15, 0.2) is 15.5 Å². The lowest BCUT2D eigenvalue weighted by Crippen LogP contribution is -2.47. The van der Waals surface area contributed by atoms with Crippen LogP contribution in [-0.2, 0) is 9.84 Å². The summed E-state index contributed by atoms with van der Waals surface area (Å²) < 4.78 is 23.0. The van der Waals surface area contributed by atoms with Gasteiger partial charge in [-0.25, -0.2) is 8.42 Å². The van der Waals surface area contributed by atoms with E-state index in [1.165, 1.54) is 0 Å². The molecule has 1 unspecified atom stereocenters. The van der Waals surface area contributed by atoms with Crippen molar-refractivity contribution in [1.29, 1.82) is 0 Å². The summed E-state index contributed by atoms with van der Waals surface area (Å²) in [5.41, 5.74) is -0.543. The smallest absolute Gasteiger partial charge is 0.272 e. The maximum Gasteiger partial charge on any atom is 0.272 e. The molecule has 116 valence electrons. The molecular formula is C13H20N4O3S. The third kappa shape index (κ3) is 4.13. The molecule has 0 aliphatic carbocycles. The molecule has 8 heteroatoms. The lowest BCUT2D eigenvalue weighted by molar-refractivity contribution is 0.0909. The lowest BCUT2D eigenvalue weighted by atomic mass is 10.0. The fourth-order valence-corrected chi connectivity index (χ4v) is 4.34. The average Bonchev–Trinajstić information content (AvgIpc) is 2.70. The molecule has 0 bridgehead atoms. The maximum absolute atomic E-state index is 12.1. The van der Waals surface area contributed by atoms with Gasteiger partial charge in [0.2, 0.25) is 0 Å². The monoisotopic (exact) mass is 312 g/mol. The third-order valence-electron chi connectivity index (χ3n) is 3.37. The fourth-order valence-electron chi connectivity index (χ4n) is 2.25. The van der Waals surface area contributed by atoms with Gasteiger partial charge in [-0.15, -0.1) is 10.2 Å². The van der Waals surface area contributed by atoms with Crippen LogP contribution in [0.25, 0.3) is 0 Å². The van der Waals surface area contributed by atoms with Crippen molar-refractivity contribution < 1.29 is 13.2 Å². The fraction of sp³-hybridized carbons (Fsp3) is 0.615. The standard InChI is InChI=1S/C13H20N4O3S/c1-3-7-14-11-5-4-10(16-17-11)12(18)15-13(2)6-8-21(19,20)9-13/h4-5H,3,6-9H2,1-2H3,(H,14,17)(H,15,18). The second-order valence-electron chi connectivity index (χ2n) is 5.59. The number of hydrogen-bond acceptors (Lipinski definition) is 6. The third-order valence-corrected chi connectivity index (χ3v) is 5.28. The number of aromatic nitrogens is 2. The molecule has 2 N–H and O–H groups in total. The SMILES string of the molecule is CCCNc1ccc(C(=O)NC2(C)CCS(=O)(=O)C2)nn1. The Morgan fingerprint density at radius 1 is 1.38 bits per heavy atom. The van der Waals surface area contributed by atoms with Gasteiger partial charge >= 0.3 is 0 Å². The lowest BCUT2D eigenvalue weighted by Gasteiger charge is -2.23. The molecule has 2 rings (SSSR count). The van der Waals surface area contributed by atoms with Crippen molar-refractivity contribution in [2.24, 2.45) is 0 Å². The number of carbonyl (C=O) groups is 1. The normalized spacial score (nSPS) is 23.7. The molecule has 1 atom stereocenters. The first kappa shape index (κ1) is 15.7. The number of nitrogens with one attached hydrogen (secondary N) is 2. The van der Waals surface area contributed by atoms with Gasteiger partial charge < -0.3 is 10.6 Å². The van der Waals surface area contributed by atoms with E-state index in [1.54, 1.807) is 19.1 Å². The minimum atomic E-state index is -3.06. The largest absolute Gasteiger partial charge is 0.369 e. The Bertz CT molecular complexity index is 615. The summed E-state index contributed by atoms with van der Waals surface area (Å²) in [7, 11) is -3.06. The minimum absolute atomic E-state index is 0.0324. The van der Waals surface area contributed by atoms with Crippen LogP contribution in [0.4, 0.5) is 5.82 Å². The first-order chi connectivity index (χ1) is 9.84. The van der Waals surface area contributed by atoms with E-state index in [9.17, 15) is 13.2 Å². The highest BCUT2D eigenvalue weighted by Gasteiger charge is 2.39. The van der Waals surface area contributed by atoms with E-state index in [4.69, 9.17) is 0 Å². The predicted molar refractivity (Wildman–Crippen MR) is 80.0 cm³/mol. The van der Waals surface area contributed by atoms with Crippen molar-refractivity contribution in [2.75, 3.05) is 23.4 Å². The van der Waals surface area contributed by atoms with E-state index in [0.717, 1.165) is 13.0 Å². The molecule has 1 aromatic heterocycles. The van der Waals surface area contributed by atoms with Crippen LogP contribution in [0.3, 0.4) is 0 Å². The number of sulfone groups is 1. The Kier molecular flexibility index (Phi) is 4.46. The molecule has 0 spiro atoms. The summed E-state index contributed by atoms with van der Waals surface area (Å²) in [6, 6.07) is 3.26. The number of carbonyl (C=O) groups excluding carboxylic acids is 1. The summed E-state index contributed by atoms with van der Waals surface area (Å²) >= 11 is 0. The van der Waals surface area contributed by atoms with Crippen LogP contribution in [0.1, 0.15) is 37.2 Å². The van der Waals surface area contributed by atoms with Gasteiger partial charge in [0, 0.05) is 6.54 Å². The van der Waals surface area contributed by atoms with Crippen LogP contribution >= 0.6 is 0 Å². The highest BCUT2D eigenvalue weighted by molar-refractivity contribution is 7.91. The zero-order chi connectivity index (χ0) is 15.5. The molecule has 21 heavy (non-hydrogen) atoms. The van der Waals surface area contributed by atoms with Crippen molar-refractivity contribution in [3.05, 3.63) is 17.8 Å². The molecule has 0 saturated carbocycles. The number of rotatable bonds is 5. The molecule has 0 aromatic carbocycles. The van der Waals surface area contributed by atoms with Gasteiger partial charge in [-0.1, -0.05) is 6.92 Å². The van der Waals surface area contributed by atoms with E-state index in [2.05, 4.69) is 20.8 Å². The first-order valence-electron chi connectivity index (χ1n) is 6.94. The van der Waals surface area contributed by atoms with Gasteiger partial charge in [0.05, 0.1) is 17.0 Å². The highest BCUT2D eigenvalue weighted by Crippen LogP contribution is 2.23. The maximum atomic E-state index is 12.1. The van der Waals surface area contributed by atoms with Gasteiger partial charge in [0.25, 0.3) is 5.91 Å². The number of nitrogens with zero attached hydrogens (tertiary/aromatic N) is 2. The highest BCUT2D eigenvalue weighted by atomic mass is 32.2. The topological polar surface area (TPSA) is 101 Å². The van der Waals surface area contributed by atoms with E-state index < -0.39 is 21.3 Å². The molecule has 7 nitrogen and oxygen atoms in total. The van der Waals surface area contributed by atoms with Crippen molar-refractivity contribution in [3.8, 4) is 0 Å². The molecule has 1 aromatic rings. The summed E-state index contributed by atoms with van der Waals surface area (Å²) in [5.74, 6) is 0.289. The Morgan fingerprint density at radius 2 is 2.14 bits per heavy atom. The van der Waals surface area contributed by atoms with Crippen LogP contribution < -0.4 is 10.6 Å². The molecule has 1 fully saturated rings. The molecule has 0 radical (unpaired) electrons. The Labute approximate surface area is 124 Å². The molecule has 1 amide bonds. The Hall–Kier alpha value is -1.70. The summed E-state index contributed by atoms with van der Waals surface area (Å²) in [6.45, 7) is 4.56. The van der Waals surface area contributed by atoms with Crippen LogP contribution in [0.15, 0.2) is 12.1 Å². The van der Waals surface area contributed by atoms with Gasteiger partial charge in [-0.2, -0.15) is 0 Å². The minimum Gasteiger partial charge on any atom is -0.369 e. The number of anilines is 1. The predicted octanol–water partition coefficient (Wildman–Crippen LogP) is 0.605. The zero-order valence-corrected chi connectivity index (χ0v) is 13.0. The van der Waals surface area contributed by atoms with Crippen LogP contribution in [0.5, 0.6) is 0 Å². The van der Waals surface area contributed by atoms with Gasteiger partial charge in [-0.3, -0.25) is 4.79 Å². The summed E-state index contributed by atoms with van der Waals surface area (Å²) in [4.78, 5) is 12.1. The van der Waals surface area contributed by atoms with E-state index in [0.29, 0.717) is 12.2 Å². The molecule has 1 aliphatic rings. The van der Waals surface area contributed by atoms with Gasteiger partial charge in [-0.05, 0) is 31.9 Å². The van der Waals surface area contributed by atoms with Crippen LogP contribution in [0.2, 0.25) is 0 Å². The van der Waals surface area contributed by atoms with Crippen LogP contribution in [-0.4, -0.2) is 48.1 Å². The molecule has 1 aliphatic heterocycles. The Morgan fingerprint density at radius 3 is 2.67 bits per heavy atom. The summed E-state index contributed by atoms with van der Waals surface area (Å²) in [5, 5.41) is 13.6. The zero-order valence-electron chi connectivity index (χ0n) is 12.2. The van der Waals surface area contributed by atoms with Gasteiger partial charge in [0.1, 0.15) is 5.82 Å². The first-order valence-corrected chi connectivity index (χ1v) is 8.76.